The first-order valence-corrected chi connectivity index (χ1v) is 10.9. The van der Waals surface area contributed by atoms with Crippen molar-refractivity contribution in [2.45, 2.75) is 11.5 Å². The van der Waals surface area contributed by atoms with E-state index < -0.39 is 10.0 Å². The number of aliphatic hydroxyl groups excluding tert-OH is 1. The normalized spacial score (nSPS) is 11.9. The molecule has 3 aromatic carbocycles. The van der Waals surface area contributed by atoms with Crippen molar-refractivity contribution in [3.05, 3.63) is 102 Å². The van der Waals surface area contributed by atoms with Gasteiger partial charge in [-0.1, -0.05) is 60.7 Å². The summed E-state index contributed by atoms with van der Waals surface area (Å²) in [5.41, 5.74) is 2.27. The van der Waals surface area contributed by atoms with Crippen LogP contribution < -0.4 is 4.74 Å². The van der Waals surface area contributed by atoms with Crippen molar-refractivity contribution < 1.29 is 18.3 Å². The average Bonchev–Trinajstić information content (AvgIpc) is 3.16. The highest BCUT2D eigenvalue weighted by atomic mass is 32.2. The molecule has 0 aliphatic rings. The number of ether oxygens (including phenoxy) is 1. The molecule has 6 heteroatoms. The smallest absolute Gasteiger partial charge is 0.268 e. The maximum Gasteiger partial charge on any atom is 0.268 e. The second kappa shape index (κ2) is 8.57. The molecule has 0 bridgehead atoms. The quantitative estimate of drug-likeness (QED) is 0.480. The lowest BCUT2D eigenvalue weighted by Crippen LogP contribution is -2.11. The predicted octanol–water partition coefficient (Wildman–Crippen LogP) is 4.46. The SMILES string of the molecule is O=S(=O)(c1ccccc1)n1cc(/C=C/CO)c2cc(OCc3ccccc3)ccc21. The lowest BCUT2D eigenvalue weighted by molar-refractivity contribution is 0.306. The van der Waals surface area contributed by atoms with Gasteiger partial charge in [-0.05, 0) is 35.9 Å². The van der Waals surface area contributed by atoms with Gasteiger partial charge in [0.15, 0.2) is 0 Å². The summed E-state index contributed by atoms with van der Waals surface area (Å²) in [5, 5.41) is 9.90. The Bertz CT molecular complexity index is 1280. The summed E-state index contributed by atoms with van der Waals surface area (Å²) in [6.45, 7) is 0.277. The maximum absolute atomic E-state index is 13.2. The van der Waals surface area contributed by atoms with Crippen LogP contribution in [0.25, 0.3) is 17.0 Å². The molecule has 4 aromatic rings. The number of nitrogens with zero attached hydrogens (tertiary/aromatic N) is 1. The van der Waals surface area contributed by atoms with Gasteiger partial charge in [0.1, 0.15) is 12.4 Å². The minimum absolute atomic E-state index is 0.137. The van der Waals surface area contributed by atoms with Crippen LogP contribution in [0.1, 0.15) is 11.1 Å². The van der Waals surface area contributed by atoms with Crippen molar-refractivity contribution in [2.75, 3.05) is 6.61 Å². The minimum Gasteiger partial charge on any atom is -0.489 e. The Hall–Kier alpha value is -3.35. The molecule has 0 fully saturated rings. The first-order chi connectivity index (χ1) is 14.6. The summed E-state index contributed by atoms with van der Waals surface area (Å²) < 4.78 is 33.6. The van der Waals surface area contributed by atoms with Gasteiger partial charge in [-0.2, -0.15) is 0 Å². The summed E-state index contributed by atoms with van der Waals surface area (Å²) in [7, 11) is -3.76. The van der Waals surface area contributed by atoms with E-state index in [0.717, 1.165) is 10.9 Å². The molecule has 0 aliphatic heterocycles. The van der Waals surface area contributed by atoms with Crippen LogP contribution in [0.15, 0.2) is 96.0 Å². The Morgan fingerprint density at radius 2 is 1.63 bits per heavy atom. The number of aromatic nitrogens is 1. The Morgan fingerprint density at radius 3 is 2.33 bits per heavy atom. The molecule has 5 nitrogen and oxygen atoms in total. The number of aliphatic hydroxyl groups is 1. The molecule has 0 amide bonds. The van der Waals surface area contributed by atoms with Crippen LogP contribution in [-0.4, -0.2) is 24.1 Å². The molecule has 4 rings (SSSR count). The van der Waals surface area contributed by atoms with Crippen LogP contribution in [0, 0.1) is 0 Å². The van der Waals surface area contributed by atoms with Crippen molar-refractivity contribution in [3.63, 3.8) is 0 Å². The van der Waals surface area contributed by atoms with E-state index in [-0.39, 0.29) is 11.5 Å². The molecule has 0 saturated heterocycles. The zero-order chi connectivity index (χ0) is 21.0. The van der Waals surface area contributed by atoms with Crippen LogP contribution in [0.3, 0.4) is 0 Å². The lowest BCUT2D eigenvalue weighted by Gasteiger charge is -2.09. The summed E-state index contributed by atoms with van der Waals surface area (Å²) in [5.74, 6) is 0.639. The highest BCUT2D eigenvalue weighted by Gasteiger charge is 2.20. The van der Waals surface area contributed by atoms with Crippen molar-refractivity contribution in [1.82, 2.24) is 3.97 Å². The third kappa shape index (κ3) is 4.01. The number of fused-ring (bicyclic) bond motifs is 1. The van der Waals surface area contributed by atoms with Gasteiger partial charge in [0, 0.05) is 17.1 Å². The third-order valence-corrected chi connectivity index (χ3v) is 6.41. The maximum atomic E-state index is 13.2. The van der Waals surface area contributed by atoms with Crippen molar-refractivity contribution >= 4 is 27.0 Å². The molecular weight excluding hydrogens is 398 g/mol. The number of rotatable bonds is 7. The molecule has 0 atom stereocenters. The average molecular weight is 420 g/mol. The van der Waals surface area contributed by atoms with Crippen LogP contribution >= 0.6 is 0 Å². The highest BCUT2D eigenvalue weighted by Crippen LogP contribution is 2.30. The molecule has 1 N–H and O–H groups in total. The first kappa shape index (κ1) is 19.9. The van der Waals surface area contributed by atoms with Gasteiger partial charge in [0.05, 0.1) is 17.0 Å². The van der Waals surface area contributed by atoms with E-state index in [1.807, 2.05) is 36.4 Å². The van der Waals surface area contributed by atoms with E-state index >= 15 is 0 Å². The van der Waals surface area contributed by atoms with Crippen LogP contribution in [-0.2, 0) is 16.6 Å². The fourth-order valence-corrected chi connectivity index (χ4v) is 4.65. The van der Waals surface area contributed by atoms with Crippen molar-refractivity contribution in [1.29, 1.82) is 0 Å². The van der Waals surface area contributed by atoms with Crippen molar-refractivity contribution in [2.24, 2.45) is 0 Å². The fourth-order valence-electron chi connectivity index (χ4n) is 3.25. The van der Waals surface area contributed by atoms with Gasteiger partial charge in [-0.25, -0.2) is 12.4 Å². The van der Waals surface area contributed by atoms with Crippen molar-refractivity contribution in [3.8, 4) is 5.75 Å². The first-order valence-electron chi connectivity index (χ1n) is 9.49. The molecule has 0 aliphatic carbocycles. The van der Waals surface area contributed by atoms with E-state index in [1.54, 1.807) is 60.8 Å². The van der Waals surface area contributed by atoms with E-state index in [4.69, 9.17) is 4.74 Å². The zero-order valence-electron chi connectivity index (χ0n) is 16.2. The summed E-state index contributed by atoms with van der Waals surface area (Å²) in [6.07, 6.45) is 4.85. The molecule has 1 heterocycles. The summed E-state index contributed by atoms with van der Waals surface area (Å²) in [6, 6.07) is 23.5. The zero-order valence-corrected chi connectivity index (χ0v) is 17.0. The van der Waals surface area contributed by atoms with Gasteiger partial charge in [-0.3, -0.25) is 0 Å². The third-order valence-electron chi connectivity index (χ3n) is 4.72. The predicted molar refractivity (Wildman–Crippen MR) is 118 cm³/mol. The Kier molecular flexibility index (Phi) is 5.70. The molecular formula is C24H21NO4S. The molecule has 0 unspecified atom stereocenters. The number of hydrogen-bond donors (Lipinski definition) is 1. The minimum atomic E-state index is -3.76. The van der Waals surface area contributed by atoms with E-state index in [1.165, 1.54) is 3.97 Å². The Balaban J connectivity index is 1.76. The van der Waals surface area contributed by atoms with Gasteiger partial charge >= 0.3 is 0 Å². The van der Waals surface area contributed by atoms with Gasteiger partial charge in [0.2, 0.25) is 0 Å². The summed E-state index contributed by atoms with van der Waals surface area (Å²) >= 11 is 0. The summed E-state index contributed by atoms with van der Waals surface area (Å²) in [4.78, 5) is 0.212. The second-order valence-corrected chi connectivity index (χ2v) is 8.55. The topological polar surface area (TPSA) is 68.5 Å². The molecule has 0 spiro atoms. The van der Waals surface area contributed by atoms with Crippen LogP contribution in [0.2, 0.25) is 0 Å². The van der Waals surface area contributed by atoms with Crippen LogP contribution in [0.4, 0.5) is 0 Å². The van der Waals surface area contributed by atoms with E-state index in [9.17, 15) is 13.5 Å². The van der Waals surface area contributed by atoms with E-state index in [0.29, 0.717) is 23.4 Å². The number of hydrogen-bond acceptors (Lipinski definition) is 4. The molecule has 152 valence electrons. The molecule has 1 aromatic heterocycles. The fraction of sp³-hybridized carbons (Fsp3) is 0.0833. The van der Waals surface area contributed by atoms with E-state index in [2.05, 4.69) is 0 Å². The van der Waals surface area contributed by atoms with Crippen LogP contribution in [0.5, 0.6) is 5.75 Å². The van der Waals surface area contributed by atoms with Gasteiger partial charge in [-0.15, -0.1) is 0 Å². The van der Waals surface area contributed by atoms with Gasteiger partial charge < -0.3 is 9.84 Å². The highest BCUT2D eigenvalue weighted by molar-refractivity contribution is 7.90. The Labute approximate surface area is 175 Å². The molecule has 0 saturated carbocycles. The molecule has 30 heavy (non-hydrogen) atoms. The van der Waals surface area contributed by atoms with Gasteiger partial charge in [0.25, 0.3) is 10.0 Å². The monoisotopic (exact) mass is 419 g/mol. The molecule has 0 radical (unpaired) electrons. The number of benzene rings is 3. The standard InChI is InChI=1S/C24H21NO4S/c26-15-7-10-20-17-25(30(27,28)22-11-5-2-6-12-22)24-14-13-21(16-23(20)24)29-18-19-8-3-1-4-9-19/h1-14,16-17,26H,15,18H2/b10-7+. The lowest BCUT2D eigenvalue weighted by atomic mass is 10.1. The largest absolute Gasteiger partial charge is 0.489 e. The Morgan fingerprint density at radius 1 is 0.933 bits per heavy atom. The second-order valence-electron chi connectivity index (χ2n) is 6.74.